The van der Waals surface area contributed by atoms with Gasteiger partial charge in [-0.05, 0) is 12.1 Å². The molecule has 0 saturated heterocycles. The van der Waals surface area contributed by atoms with Crippen LogP contribution < -0.4 is 11.1 Å². The van der Waals surface area contributed by atoms with E-state index in [-0.39, 0.29) is 11.4 Å². The van der Waals surface area contributed by atoms with Crippen molar-refractivity contribution in [3.8, 4) is 0 Å². The fourth-order valence-electron chi connectivity index (χ4n) is 1.03. The van der Waals surface area contributed by atoms with Crippen molar-refractivity contribution in [2.75, 3.05) is 17.6 Å². The first-order valence-electron chi connectivity index (χ1n) is 4.06. The van der Waals surface area contributed by atoms with Crippen molar-refractivity contribution in [2.45, 2.75) is 6.43 Å². The molecule has 0 fully saturated rings. The van der Waals surface area contributed by atoms with Gasteiger partial charge in [0.1, 0.15) is 5.69 Å². The zero-order chi connectivity index (χ0) is 11.4. The summed E-state index contributed by atoms with van der Waals surface area (Å²) in [6.45, 7) is -0.517. The summed E-state index contributed by atoms with van der Waals surface area (Å²) in [4.78, 5) is 9.75. The molecule has 1 rings (SSSR count). The summed E-state index contributed by atoms with van der Waals surface area (Å²) in [5.74, 6) is 0. The minimum atomic E-state index is -2.48. The molecule has 0 atom stereocenters. The molecular weight excluding hydrogens is 208 g/mol. The molecule has 0 bridgehead atoms. The summed E-state index contributed by atoms with van der Waals surface area (Å²) in [5, 5.41) is 12.8. The monoisotopic (exact) mass is 217 g/mol. The third kappa shape index (κ3) is 3.04. The molecule has 0 amide bonds. The number of benzene rings is 1. The highest BCUT2D eigenvalue weighted by Crippen LogP contribution is 2.24. The second kappa shape index (κ2) is 4.54. The standard InChI is InChI=1S/C8H9F2N3O2/c9-8(10)4-12-5-1-2-7(13(14)15)6(11)3-5/h1-3,8,12H,4,11H2. The van der Waals surface area contributed by atoms with Gasteiger partial charge in [0.15, 0.2) is 0 Å². The zero-order valence-corrected chi connectivity index (χ0v) is 7.61. The number of nitrogens with two attached hydrogens (primary N) is 1. The van der Waals surface area contributed by atoms with Crippen LogP contribution in [0.1, 0.15) is 0 Å². The summed E-state index contributed by atoms with van der Waals surface area (Å²) in [5.41, 5.74) is 5.40. The fourth-order valence-corrected chi connectivity index (χ4v) is 1.03. The summed E-state index contributed by atoms with van der Waals surface area (Å²) in [6.07, 6.45) is -2.48. The van der Waals surface area contributed by atoms with Gasteiger partial charge in [-0.15, -0.1) is 0 Å². The SMILES string of the molecule is Nc1cc(NCC(F)F)ccc1[N+](=O)[O-]. The normalized spacial score (nSPS) is 10.3. The minimum Gasteiger partial charge on any atom is -0.393 e. The van der Waals surface area contributed by atoms with Gasteiger partial charge in [-0.3, -0.25) is 10.1 Å². The average molecular weight is 217 g/mol. The lowest BCUT2D eigenvalue weighted by molar-refractivity contribution is -0.383. The zero-order valence-electron chi connectivity index (χ0n) is 7.61. The number of rotatable bonds is 4. The van der Waals surface area contributed by atoms with Gasteiger partial charge in [0, 0.05) is 11.8 Å². The highest BCUT2D eigenvalue weighted by atomic mass is 19.3. The molecule has 0 aliphatic carbocycles. The molecule has 0 unspecified atom stereocenters. The highest BCUT2D eigenvalue weighted by molar-refractivity contribution is 5.65. The number of nitrogens with one attached hydrogen (secondary N) is 1. The van der Waals surface area contributed by atoms with Gasteiger partial charge in [0.25, 0.3) is 12.1 Å². The van der Waals surface area contributed by atoms with Crippen LogP contribution in [0.4, 0.5) is 25.8 Å². The Morgan fingerprint density at radius 3 is 2.67 bits per heavy atom. The van der Waals surface area contributed by atoms with Crippen LogP contribution in [0.3, 0.4) is 0 Å². The number of nitrogen functional groups attached to an aromatic ring is 1. The molecule has 0 heterocycles. The van der Waals surface area contributed by atoms with Gasteiger partial charge in [0.2, 0.25) is 0 Å². The average Bonchev–Trinajstić information content (AvgIpc) is 2.14. The molecule has 1 aromatic carbocycles. The minimum absolute atomic E-state index is 0.0562. The van der Waals surface area contributed by atoms with Gasteiger partial charge in [-0.1, -0.05) is 0 Å². The van der Waals surface area contributed by atoms with Gasteiger partial charge in [-0.25, -0.2) is 8.78 Å². The van der Waals surface area contributed by atoms with Gasteiger partial charge < -0.3 is 11.1 Å². The van der Waals surface area contributed by atoms with Gasteiger partial charge in [-0.2, -0.15) is 0 Å². The molecule has 1 aromatic rings. The van der Waals surface area contributed by atoms with Crippen molar-refractivity contribution in [3.63, 3.8) is 0 Å². The maximum atomic E-state index is 11.8. The second-order valence-electron chi connectivity index (χ2n) is 2.80. The van der Waals surface area contributed by atoms with Crippen molar-refractivity contribution < 1.29 is 13.7 Å². The molecule has 5 nitrogen and oxygen atoms in total. The number of alkyl halides is 2. The number of anilines is 2. The predicted molar refractivity (Wildman–Crippen MR) is 52.0 cm³/mol. The van der Waals surface area contributed by atoms with Crippen LogP contribution in [0.2, 0.25) is 0 Å². The maximum absolute atomic E-state index is 11.8. The lowest BCUT2D eigenvalue weighted by atomic mass is 10.2. The second-order valence-corrected chi connectivity index (χ2v) is 2.80. The Labute approximate surface area is 84.0 Å². The largest absolute Gasteiger partial charge is 0.393 e. The van der Waals surface area contributed by atoms with E-state index in [1.54, 1.807) is 0 Å². The number of hydrogen-bond donors (Lipinski definition) is 2. The van der Waals surface area contributed by atoms with Crippen molar-refractivity contribution in [2.24, 2.45) is 0 Å². The number of halogens is 2. The van der Waals surface area contributed by atoms with Crippen LogP contribution in [-0.4, -0.2) is 17.9 Å². The van der Waals surface area contributed by atoms with E-state index >= 15 is 0 Å². The molecule has 0 radical (unpaired) electrons. The topological polar surface area (TPSA) is 81.2 Å². The van der Waals surface area contributed by atoms with E-state index in [0.717, 1.165) is 0 Å². The molecular formula is C8H9F2N3O2. The van der Waals surface area contributed by atoms with E-state index in [2.05, 4.69) is 5.32 Å². The van der Waals surface area contributed by atoms with Crippen LogP contribution in [0.15, 0.2) is 18.2 Å². The third-order valence-electron chi connectivity index (χ3n) is 1.68. The van der Waals surface area contributed by atoms with Crippen LogP contribution in [0.5, 0.6) is 0 Å². The Hall–Kier alpha value is -1.92. The quantitative estimate of drug-likeness (QED) is 0.458. The smallest absolute Gasteiger partial charge is 0.292 e. The van der Waals surface area contributed by atoms with E-state index in [9.17, 15) is 18.9 Å². The number of nitro benzene ring substituents is 1. The molecule has 7 heteroatoms. The summed E-state index contributed by atoms with van der Waals surface area (Å²) in [6, 6.07) is 3.75. The van der Waals surface area contributed by atoms with Gasteiger partial charge >= 0.3 is 0 Å². The Morgan fingerprint density at radius 1 is 1.53 bits per heavy atom. The first-order valence-corrected chi connectivity index (χ1v) is 4.06. The van der Waals surface area contributed by atoms with Crippen molar-refractivity contribution in [3.05, 3.63) is 28.3 Å². The van der Waals surface area contributed by atoms with Crippen LogP contribution >= 0.6 is 0 Å². The Bertz CT molecular complexity index is 371. The summed E-state index contributed by atoms with van der Waals surface area (Å²) < 4.78 is 23.7. The Kier molecular flexibility index (Phi) is 3.37. The van der Waals surface area contributed by atoms with E-state index in [1.165, 1.54) is 18.2 Å². The number of nitrogens with zero attached hydrogens (tertiary/aromatic N) is 1. The van der Waals surface area contributed by atoms with E-state index in [0.29, 0.717) is 5.69 Å². The lowest BCUT2D eigenvalue weighted by Gasteiger charge is -2.06. The van der Waals surface area contributed by atoms with Crippen LogP contribution in [0, 0.1) is 10.1 Å². The molecule has 15 heavy (non-hydrogen) atoms. The highest BCUT2D eigenvalue weighted by Gasteiger charge is 2.11. The van der Waals surface area contributed by atoms with Crippen LogP contribution in [0.25, 0.3) is 0 Å². The van der Waals surface area contributed by atoms with Crippen molar-refractivity contribution >= 4 is 17.1 Å². The van der Waals surface area contributed by atoms with Crippen molar-refractivity contribution in [1.82, 2.24) is 0 Å². The molecule has 0 aromatic heterocycles. The molecule has 82 valence electrons. The number of hydrogen-bond acceptors (Lipinski definition) is 4. The molecule has 0 saturated carbocycles. The third-order valence-corrected chi connectivity index (χ3v) is 1.68. The molecule has 0 spiro atoms. The summed E-state index contributed by atoms with van der Waals surface area (Å²) in [7, 11) is 0. The molecule has 0 aliphatic rings. The fraction of sp³-hybridized carbons (Fsp3) is 0.250. The lowest BCUT2D eigenvalue weighted by Crippen LogP contribution is -2.10. The number of nitro groups is 1. The Balaban J connectivity index is 2.78. The maximum Gasteiger partial charge on any atom is 0.292 e. The Morgan fingerprint density at radius 2 is 2.20 bits per heavy atom. The first kappa shape index (κ1) is 11.2. The van der Waals surface area contributed by atoms with E-state index in [1.807, 2.05) is 0 Å². The van der Waals surface area contributed by atoms with E-state index in [4.69, 9.17) is 5.73 Å². The van der Waals surface area contributed by atoms with Gasteiger partial charge in [0.05, 0.1) is 11.5 Å². The molecule has 3 N–H and O–H groups in total. The van der Waals surface area contributed by atoms with Crippen LogP contribution in [-0.2, 0) is 0 Å². The predicted octanol–water partition coefficient (Wildman–Crippen LogP) is 1.85. The molecule has 0 aliphatic heterocycles. The summed E-state index contributed by atoms with van der Waals surface area (Å²) >= 11 is 0. The first-order chi connectivity index (χ1) is 7.00. The van der Waals surface area contributed by atoms with Crippen molar-refractivity contribution in [1.29, 1.82) is 0 Å². The van der Waals surface area contributed by atoms with E-state index < -0.39 is 17.9 Å².